The Labute approximate surface area is 114 Å². The molecule has 2 N–H and O–H groups in total. The molecule has 106 valence electrons. The number of rotatable bonds is 7. The smallest absolute Gasteiger partial charge is 0.223 e. The van der Waals surface area contributed by atoms with Crippen LogP contribution >= 0.6 is 0 Å². The van der Waals surface area contributed by atoms with Crippen LogP contribution in [0.3, 0.4) is 0 Å². The minimum atomic E-state index is -0.404. The molecule has 0 radical (unpaired) electrons. The Morgan fingerprint density at radius 2 is 2.16 bits per heavy atom. The zero-order valence-corrected chi connectivity index (χ0v) is 11.8. The average Bonchev–Trinajstić information content (AvgIpc) is 2.27. The highest BCUT2D eigenvalue weighted by Gasteiger charge is 2.09. The maximum atomic E-state index is 11.6. The molecule has 0 heterocycles. The predicted octanol–water partition coefficient (Wildman–Crippen LogP) is 2.04. The molecule has 1 amide bonds. The highest BCUT2D eigenvalue weighted by atomic mass is 16.5. The van der Waals surface area contributed by atoms with Crippen molar-refractivity contribution in [1.82, 2.24) is 5.32 Å². The van der Waals surface area contributed by atoms with E-state index in [0.717, 1.165) is 11.3 Å². The predicted molar refractivity (Wildman–Crippen MR) is 75.2 cm³/mol. The Morgan fingerprint density at radius 3 is 2.79 bits per heavy atom. The number of hydrogen-bond acceptors (Lipinski definition) is 3. The van der Waals surface area contributed by atoms with Crippen LogP contribution in [0.4, 0.5) is 0 Å². The van der Waals surface area contributed by atoms with Crippen molar-refractivity contribution in [2.45, 2.75) is 45.8 Å². The van der Waals surface area contributed by atoms with Gasteiger partial charge in [-0.1, -0.05) is 12.1 Å². The number of aliphatic hydroxyl groups excluding tert-OH is 1. The maximum Gasteiger partial charge on any atom is 0.223 e. The molecule has 1 aromatic carbocycles. The summed E-state index contributed by atoms with van der Waals surface area (Å²) in [6, 6.07) is 7.72. The number of aliphatic hydroxyl groups is 1. The Balaban J connectivity index is 2.23. The first-order valence-corrected chi connectivity index (χ1v) is 6.64. The summed E-state index contributed by atoms with van der Waals surface area (Å²) in [7, 11) is 0. The van der Waals surface area contributed by atoms with E-state index >= 15 is 0 Å². The lowest BCUT2D eigenvalue weighted by atomic mass is 10.1. The average molecular weight is 265 g/mol. The summed E-state index contributed by atoms with van der Waals surface area (Å²) in [5.74, 6) is 0.727. The lowest BCUT2D eigenvalue weighted by Gasteiger charge is -2.15. The molecule has 0 aliphatic rings. The molecule has 0 bridgehead atoms. The van der Waals surface area contributed by atoms with E-state index in [1.165, 1.54) is 0 Å². The number of carbonyl (C=O) groups excluding carboxylic acids is 1. The van der Waals surface area contributed by atoms with Gasteiger partial charge in [-0.25, -0.2) is 0 Å². The minimum absolute atomic E-state index is 0.0218. The molecule has 2 unspecified atom stereocenters. The van der Waals surface area contributed by atoms with E-state index in [4.69, 9.17) is 4.74 Å². The second-order valence-corrected chi connectivity index (χ2v) is 4.97. The van der Waals surface area contributed by atoms with Gasteiger partial charge < -0.3 is 15.2 Å². The molecular weight excluding hydrogens is 242 g/mol. The minimum Gasteiger partial charge on any atom is -0.493 e. The van der Waals surface area contributed by atoms with Crippen LogP contribution in [0.5, 0.6) is 5.75 Å². The second-order valence-electron chi connectivity index (χ2n) is 4.97. The summed E-state index contributed by atoms with van der Waals surface area (Å²) >= 11 is 0. The third-order valence-corrected chi connectivity index (χ3v) is 2.69. The van der Waals surface area contributed by atoms with Gasteiger partial charge in [0, 0.05) is 6.04 Å². The van der Waals surface area contributed by atoms with Gasteiger partial charge in [0.25, 0.3) is 0 Å². The van der Waals surface area contributed by atoms with Crippen LogP contribution in [0.2, 0.25) is 0 Å². The number of nitrogens with one attached hydrogen (secondary N) is 1. The van der Waals surface area contributed by atoms with Crippen LogP contribution in [0.1, 0.15) is 32.3 Å². The maximum absolute atomic E-state index is 11.6. The molecule has 0 aromatic heterocycles. The van der Waals surface area contributed by atoms with Crippen molar-refractivity contribution >= 4 is 5.91 Å². The number of amides is 1. The van der Waals surface area contributed by atoms with E-state index in [1.54, 1.807) is 6.92 Å². The Hall–Kier alpha value is -1.55. The van der Waals surface area contributed by atoms with Gasteiger partial charge in [0.05, 0.1) is 19.1 Å². The monoisotopic (exact) mass is 265 g/mol. The van der Waals surface area contributed by atoms with Gasteiger partial charge >= 0.3 is 0 Å². The van der Waals surface area contributed by atoms with E-state index in [9.17, 15) is 9.90 Å². The van der Waals surface area contributed by atoms with Crippen molar-refractivity contribution in [2.75, 3.05) is 6.61 Å². The van der Waals surface area contributed by atoms with Crippen molar-refractivity contribution in [2.24, 2.45) is 0 Å². The van der Waals surface area contributed by atoms with Crippen LogP contribution in [-0.2, 0) is 4.79 Å². The van der Waals surface area contributed by atoms with Crippen LogP contribution in [0.15, 0.2) is 24.3 Å². The molecule has 0 saturated carbocycles. The van der Waals surface area contributed by atoms with Crippen LogP contribution in [-0.4, -0.2) is 29.8 Å². The van der Waals surface area contributed by atoms with Gasteiger partial charge in [-0.2, -0.15) is 0 Å². The summed E-state index contributed by atoms with van der Waals surface area (Å²) in [5, 5.41) is 12.0. The first-order chi connectivity index (χ1) is 8.97. The van der Waals surface area contributed by atoms with Gasteiger partial charge in [0.15, 0.2) is 0 Å². The fraction of sp³-hybridized carbons (Fsp3) is 0.533. The zero-order chi connectivity index (χ0) is 14.3. The summed E-state index contributed by atoms with van der Waals surface area (Å²) in [6.07, 6.45) is 0.474. The Morgan fingerprint density at radius 1 is 1.42 bits per heavy atom. The molecule has 2 atom stereocenters. The topological polar surface area (TPSA) is 58.6 Å². The fourth-order valence-electron chi connectivity index (χ4n) is 1.88. The first kappa shape index (κ1) is 15.5. The van der Waals surface area contributed by atoms with Gasteiger partial charge in [-0.05, 0) is 44.9 Å². The highest BCUT2D eigenvalue weighted by molar-refractivity contribution is 5.76. The van der Waals surface area contributed by atoms with E-state index in [-0.39, 0.29) is 11.9 Å². The van der Waals surface area contributed by atoms with Gasteiger partial charge in [-0.15, -0.1) is 0 Å². The third kappa shape index (κ3) is 6.82. The Bertz CT molecular complexity index is 404. The number of carbonyl (C=O) groups is 1. The SMILES string of the molecule is Cc1cccc(OCCC(=O)NC(C)CC(C)O)c1. The highest BCUT2D eigenvalue weighted by Crippen LogP contribution is 2.12. The Kier molecular flexibility index (Phi) is 6.36. The van der Waals surface area contributed by atoms with Crippen molar-refractivity contribution in [3.63, 3.8) is 0 Å². The normalized spacial score (nSPS) is 13.7. The van der Waals surface area contributed by atoms with Gasteiger partial charge in [0.2, 0.25) is 5.91 Å². The fourth-order valence-corrected chi connectivity index (χ4v) is 1.88. The molecule has 0 fully saturated rings. The summed E-state index contributed by atoms with van der Waals surface area (Å²) in [5.41, 5.74) is 1.13. The molecule has 0 spiro atoms. The zero-order valence-electron chi connectivity index (χ0n) is 11.8. The molecule has 4 heteroatoms. The van der Waals surface area contributed by atoms with Crippen LogP contribution < -0.4 is 10.1 Å². The van der Waals surface area contributed by atoms with E-state index in [1.807, 2.05) is 38.1 Å². The van der Waals surface area contributed by atoms with E-state index < -0.39 is 6.10 Å². The number of aryl methyl sites for hydroxylation is 1. The van der Waals surface area contributed by atoms with Crippen molar-refractivity contribution < 1.29 is 14.6 Å². The summed E-state index contributed by atoms with van der Waals surface area (Å²) in [6.45, 7) is 5.95. The van der Waals surface area contributed by atoms with Crippen LogP contribution in [0.25, 0.3) is 0 Å². The van der Waals surface area contributed by atoms with E-state index in [2.05, 4.69) is 5.32 Å². The molecule has 19 heavy (non-hydrogen) atoms. The largest absolute Gasteiger partial charge is 0.493 e. The summed E-state index contributed by atoms with van der Waals surface area (Å²) < 4.78 is 5.51. The number of hydrogen-bond donors (Lipinski definition) is 2. The van der Waals surface area contributed by atoms with Gasteiger partial charge in [0.1, 0.15) is 5.75 Å². The molecule has 0 saturated heterocycles. The summed E-state index contributed by atoms with van der Waals surface area (Å²) in [4.78, 5) is 11.6. The third-order valence-electron chi connectivity index (χ3n) is 2.69. The molecule has 0 aliphatic heterocycles. The van der Waals surface area contributed by atoms with Crippen LogP contribution in [0, 0.1) is 6.92 Å². The lowest BCUT2D eigenvalue weighted by Crippen LogP contribution is -2.35. The number of ether oxygens (including phenoxy) is 1. The second kappa shape index (κ2) is 7.79. The van der Waals surface area contributed by atoms with Crippen molar-refractivity contribution in [3.8, 4) is 5.75 Å². The molecular formula is C15H23NO3. The van der Waals surface area contributed by atoms with Crippen molar-refractivity contribution in [3.05, 3.63) is 29.8 Å². The molecule has 4 nitrogen and oxygen atoms in total. The van der Waals surface area contributed by atoms with E-state index in [0.29, 0.717) is 19.4 Å². The molecule has 1 rings (SSSR count). The standard InChI is InChI=1S/C15H23NO3/c1-11-5-4-6-14(9-11)19-8-7-15(18)16-12(2)10-13(3)17/h4-6,9,12-13,17H,7-8,10H2,1-3H3,(H,16,18). The molecule has 1 aromatic rings. The first-order valence-electron chi connectivity index (χ1n) is 6.64. The quantitative estimate of drug-likeness (QED) is 0.793. The molecule has 0 aliphatic carbocycles. The van der Waals surface area contributed by atoms with Gasteiger partial charge in [-0.3, -0.25) is 4.79 Å². The lowest BCUT2D eigenvalue weighted by molar-refractivity contribution is -0.122. The van der Waals surface area contributed by atoms with Crippen molar-refractivity contribution in [1.29, 1.82) is 0 Å². The number of benzene rings is 1.